The lowest BCUT2D eigenvalue weighted by Crippen LogP contribution is -2.39. The second kappa shape index (κ2) is 11.5. The number of likely N-dealkylation sites (tertiary alicyclic amines) is 1. The lowest BCUT2D eigenvalue weighted by molar-refractivity contribution is -0.0548. The Morgan fingerprint density at radius 3 is 2.59 bits per heavy atom. The number of nitrogens with zero attached hydrogens (tertiary/aromatic N) is 2. The second-order valence-corrected chi connectivity index (χ2v) is 8.95. The number of halogens is 1. The van der Waals surface area contributed by atoms with Crippen molar-refractivity contribution in [3.8, 4) is 11.5 Å². The molecule has 1 atom stereocenters. The molecule has 8 heteroatoms. The largest absolute Gasteiger partial charge is 0.492 e. The minimum atomic E-state index is -0.416. The van der Waals surface area contributed by atoms with Crippen LogP contribution in [0, 0.1) is 5.82 Å². The summed E-state index contributed by atoms with van der Waals surface area (Å²) in [6, 6.07) is 14.6. The van der Waals surface area contributed by atoms with Gasteiger partial charge in [0.05, 0.1) is 6.54 Å². The molecule has 2 heterocycles. The van der Waals surface area contributed by atoms with Gasteiger partial charge in [0.25, 0.3) is 0 Å². The molecule has 0 saturated carbocycles. The van der Waals surface area contributed by atoms with Crippen LogP contribution < -0.4 is 14.8 Å². The number of ether oxygens (including phenoxy) is 3. The number of carbonyl (C=O) groups excluding carboxylic acids is 1. The van der Waals surface area contributed by atoms with E-state index in [4.69, 9.17) is 14.2 Å². The van der Waals surface area contributed by atoms with Crippen LogP contribution in [0.1, 0.15) is 24.8 Å². The summed E-state index contributed by atoms with van der Waals surface area (Å²) in [6.45, 7) is 5.54. The van der Waals surface area contributed by atoms with Gasteiger partial charge in [0.2, 0.25) is 0 Å². The molecule has 2 aliphatic heterocycles. The van der Waals surface area contributed by atoms with Crippen LogP contribution in [-0.2, 0) is 11.3 Å². The van der Waals surface area contributed by atoms with Crippen LogP contribution in [0.25, 0.3) is 0 Å². The Morgan fingerprint density at radius 1 is 1.03 bits per heavy atom. The number of carbonyl (C=O) groups is 1. The van der Waals surface area contributed by atoms with E-state index >= 15 is 0 Å². The summed E-state index contributed by atoms with van der Waals surface area (Å²) in [4.78, 5) is 15.8. The third-order valence-corrected chi connectivity index (χ3v) is 6.66. The van der Waals surface area contributed by atoms with E-state index in [1.807, 2.05) is 12.1 Å². The Morgan fingerprint density at radius 2 is 1.85 bits per heavy atom. The third kappa shape index (κ3) is 6.39. The van der Waals surface area contributed by atoms with Gasteiger partial charge in [-0.25, -0.2) is 9.18 Å². The van der Waals surface area contributed by atoms with E-state index in [1.54, 1.807) is 30.2 Å². The van der Waals surface area contributed by atoms with Crippen LogP contribution in [0.4, 0.5) is 9.18 Å². The lowest BCUT2D eigenvalue weighted by Gasteiger charge is -2.31. The van der Waals surface area contributed by atoms with Crippen molar-refractivity contribution in [2.75, 3.05) is 53.0 Å². The molecule has 2 amide bonds. The third-order valence-electron chi connectivity index (χ3n) is 6.66. The topological polar surface area (TPSA) is 63.3 Å². The zero-order valence-electron chi connectivity index (χ0n) is 19.8. The van der Waals surface area contributed by atoms with E-state index in [1.165, 1.54) is 11.6 Å². The maximum absolute atomic E-state index is 13.9. The highest BCUT2D eigenvalue weighted by atomic mass is 19.1. The molecule has 0 aromatic heterocycles. The number of nitrogens with one attached hydrogen (secondary N) is 1. The van der Waals surface area contributed by atoms with Gasteiger partial charge in [0.15, 0.2) is 11.6 Å². The standard InChI is InChI=1S/C26H34FN3O4/c1-32-26(20-34-24-6-3-2-5-23(24)27)11-4-14-29(15-12-26)19-21-7-9-22(10-8-21)33-18-17-30-16-13-28-25(30)31/h2-3,5-10H,4,11-20H2,1H3,(H,28,31). The molecule has 2 aliphatic rings. The molecule has 34 heavy (non-hydrogen) atoms. The fourth-order valence-corrected chi connectivity index (χ4v) is 4.51. The van der Waals surface area contributed by atoms with Gasteiger partial charge in [-0.2, -0.15) is 0 Å². The smallest absolute Gasteiger partial charge is 0.317 e. The van der Waals surface area contributed by atoms with Crippen LogP contribution in [0.5, 0.6) is 11.5 Å². The molecule has 0 bridgehead atoms. The minimum Gasteiger partial charge on any atom is -0.492 e. The number of urea groups is 1. The Bertz CT molecular complexity index is 942. The molecule has 4 rings (SSSR count). The molecule has 0 aliphatic carbocycles. The van der Waals surface area contributed by atoms with E-state index in [0.29, 0.717) is 26.3 Å². The summed E-state index contributed by atoms with van der Waals surface area (Å²) in [6.07, 6.45) is 2.68. The van der Waals surface area contributed by atoms with Gasteiger partial charge in [-0.05, 0) is 55.6 Å². The van der Waals surface area contributed by atoms with E-state index < -0.39 is 5.60 Å². The average molecular weight is 472 g/mol. The number of hydrogen-bond acceptors (Lipinski definition) is 5. The number of methoxy groups -OCH3 is 1. The second-order valence-electron chi connectivity index (χ2n) is 8.95. The number of para-hydroxylation sites is 1. The van der Waals surface area contributed by atoms with Gasteiger partial charge < -0.3 is 24.4 Å². The SMILES string of the molecule is COC1(COc2ccccc2F)CCCN(Cc2ccc(OCCN3CCNC3=O)cc2)CC1. The van der Waals surface area contributed by atoms with Gasteiger partial charge >= 0.3 is 6.03 Å². The molecule has 2 saturated heterocycles. The molecule has 1 unspecified atom stereocenters. The molecule has 2 fully saturated rings. The van der Waals surface area contributed by atoms with E-state index in [-0.39, 0.29) is 17.6 Å². The molecule has 7 nitrogen and oxygen atoms in total. The van der Waals surface area contributed by atoms with Gasteiger partial charge in [-0.1, -0.05) is 24.3 Å². The van der Waals surface area contributed by atoms with E-state index in [2.05, 4.69) is 22.3 Å². The Labute approximate surface area is 200 Å². The summed E-state index contributed by atoms with van der Waals surface area (Å²) in [5.74, 6) is 0.729. The van der Waals surface area contributed by atoms with Crippen LogP contribution >= 0.6 is 0 Å². The first-order chi connectivity index (χ1) is 16.6. The summed E-state index contributed by atoms with van der Waals surface area (Å²) < 4.78 is 31.4. The predicted molar refractivity (Wildman–Crippen MR) is 128 cm³/mol. The van der Waals surface area contributed by atoms with Crippen LogP contribution in [0.15, 0.2) is 48.5 Å². The summed E-state index contributed by atoms with van der Waals surface area (Å²) in [5.41, 5.74) is 0.805. The van der Waals surface area contributed by atoms with Gasteiger partial charge in [-0.15, -0.1) is 0 Å². The van der Waals surface area contributed by atoms with Crippen molar-refractivity contribution in [2.45, 2.75) is 31.4 Å². The molecule has 1 N–H and O–H groups in total. The van der Waals surface area contributed by atoms with Gasteiger partial charge in [0, 0.05) is 33.3 Å². The van der Waals surface area contributed by atoms with Crippen LogP contribution in [-0.4, -0.2) is 74.5 Å². The minimum absolute atomic E-state index is 0.0207. The summed E-state index contributed by atoms with van der Waals surface area (Å²) >= 11 is 0. The first-order valence-electron chi connectivity index (χ1n) is 12.0. The molecule has 0 spiro atoms. The van der Waals surface area contributed by atoms with Crippen molar-refractivity contribution in [1.29, 1.82) is 0 Å². The average Bonchev–Trinajstić information content (AvgIpc) is 3.15. The van der Waals surface area contributed by atoms with E-state index in [9.17, 15) is 9.18 Å². The van der Waals surface area contributed by atoms with Crippen molar-refractivity contribution in [3.05, 3.63) is 59.9 Å². The predicted octanol–water partition coefficient (Wildman–Crippen LogP) is 3.68. The highest BCUT2D eigenvalue weighted by molar-refractivity contribution is 5.76. The maximum Gasteiger partial charge on any atom is 0.317 e. The number of benzene rings is 2. The molecule has 0 radical (unpaired) electrons. The van der Waals surface area contributed by atoms with Crippen LogP contribution in [0.3, 0.4) is 0 Å². The molecular weight excluding hydrogens is 437 g/mol. The maximum atomic E-state index is 13.9. The molecular formula is C26H34FN3O4. The summed E-state index contributed by atoms with van der Waals surface area (Å²) in [7, 11) is 1.72. The molecule has 184 valence electrons. The van der Waals surface area contributed by atoms with Crippen molar-refractivity contribution >= 4 is 6.03 Å². The summed E-state index contributed by atoms with van der Waals surface area (Å²) in [5, 5.41) is 2.79. The highest BCUT2D eigenvalue weighted by Crippen LogP contribution is 2.29. The first-order valence-corrected chi connectivity index (χ1v) is 12.0. The Hall–Kier alpha value is -2.84. The van der Waals surface area contributed by atoms with Crippen LogP contribution in [0.2, 0.25) is 0 Å². The Balaban J connectivity index is 1.24. The molecule has 2 aromatic rings. The quantitative estimate of drug-likeness (QED) is 0.573. The number of amides is 2. The Kier molecular flexibility index (Phi) is 8.24. The highest BCUT2D eigenvalue weighted by Gasteiger charge is 2.34. The fourth-order valence-electron chi connectivity index (χ4n) is 4.51. The van der Waals surface area contributed by atoms with Crippen molar-refractivity contribution in [2.24, 2.45) is 0 Å². The normalized spacial score (nSPS) is 21.2. The first kappa shape index (κ1) is 24.3. The van der Waals surface area contributed by atoms with Crippen molar-refractivity contribution < 1.29 is 23.4 Å². The fraction of sp³-hybridized carbons (Fsp3) is 0.500. The van der Waals surface area contributed by atoms with Gasteiger partial charge in [0.1, 0.15) is 24.6 Å². The number of hydrogen-bond donors (Lipinski definition) is 1. The molecule has 2 aromatic carbocycles. The van der Waals surface area contributed by atoms with Gasteiger partial charge in [-0.3, -0.25) is 4.90 Å². The zero-order valence-corrected chi connectivity index (χ0v) is 19.8. The van der Waals surface area contributed by atoms with E-state index in [0.717, 1.165) is 51.2 Å². The monoisotopic (exact) mass is 471 g/mol. The zero-order chi connectivity index (χ0) is 23.8. The lowest BCUT2D eigenvalue weighted by atomic mass is 9.95. The number of rotatable bonds is 10. The van der Waals surface area contributed by atoms with Crippen molar-refractivity contribution in [1.82, 2.24) is 15.1 Å². The van der Waals surface area contributed by atoms with Crippen molar-refractivity contribution in [3.63, 3.8) is 0 Å².